The maximum atomic E-state index is 11.8. The smallest absolute Gasteiger partial charge is 0.243 e. The van der Waals surface area contributed by atoms with Gasteiger partial charge in [-0.2, -0.15) is 0 Å². The topological polar surface area (TPSA) is 69.6 Å². The van der Waals surface area contributed by atoms with E-state index in [0.717, 1.165) is 36.0 Å². The number of aryl methyl sites for hydroxylation is 2. The van der Waals surface area contributed by atoms with Gasteiger partial charge in [0.05, 0.1) is 10.7 Å². The van der Waals surface area contributed by atoms with Gasteiger partial charge in [-0.25, -0.2) is 9.98 Å². The third kappa shape index (κ3) is 7.90. The van der Waals surface area contributed by atoms with Gasteiger partial charge in [0.25, 0.3) is 0 Å². The summed E-state index contributed by atoms with van der Waals surface area (Å²) in [5, 5.41) is 7.75. The zero-order valence-corrected chi connectivity index (χ0v) is 18.6. The number of carbonyl (C=O) groups is 1. The Hall–Kier alpha value is -2.06. The average molecular weight is 420 g/mol. The molecule has 0 aliphatic carbocycles. The molecule has 1 heterocycles. The number of benzene rings is 1. The molecular formula is C20H29N5OS2. The third-order valence-corrected chi connectivity index (χ3v) is 6.13. The van der Waals surface area contributed by atoms with Crippen molar-refractivity contribution in [2.24, 2.45) is 4.99 Å². The van der Waals surface area contributed by atoms with Crippen molar-refractivity contribution in [3.63, 3.8) is 0 Å². The first kappa shape index (κ1) is 22.2. The maximum Gasteiger partial charge on any atom is 0.243 e. The van der Waals surface area contributed by atoms with Crippen LogP contribution >= 0.6 is 23.1 Å². The van der Waals surface area contributed by atoms with Crippen LogP contribution in [-0.2, 0) is 11.2 Å². The van der Waals surface area contributed by atoms with Crippen molar-refractivity contribution < 1.29 is 4.79 Å². The van der Waals surface area contributed by atoms with E-state index in [4.69, 9.17) is 0 Å². The molecule has 0 radical (unpaired) electrons. The van der Waals surface area contributed by atoms with Crippen LogP contribution in [0.25, 0.3) is 0 Å². The number of hydrogen-bond acceptors (Lipinski definition) is 5. The van der Waals surface area contributed by atoms with Gasteiger partial charge in [0.1, 0.15) is 6.54 Å². The molecule has 1 aromatic carbocycles. The minimum Gasteiger partial charge on any atom is -0.356 e. The van der Waals surface area contributed by atoms with Crippen LogP contribution < -0.4 is 10.6 Å². The van der Waals surface area contributed by atoms with Gasteiger partial charge in [0.15, 0.2) is 5.96 Å². The van der Waals surface area contributed by atoms with Crippen molar-refractivity contribution in [1.29, 1.82) is 0 Å². The third-order valence-electron chi connectivity index (χ3n) is 3.98. The minimum atomic E-state index is -0.0223. The zero-order chi connectivity index (χ0) is 20.4. The number of nitrogens with zero attached hydrogens (tertiary/aromatic N) is 3. The molecule has 0 atom stereocenters. The highest BCUT2D eigenvalue weighted by Crippen LogP contribution is 2.16. The fraction of sp³-hybridized carbons (Fsp3) is 0.450. The summed E-state index contributed by atoms with van der Waals surface area (Å²) < 4.78 is 0. The fourth-order valence-corrected chi connectivity index (χ4v) is 3.97. The molecule has 0 fully saturated rings. The molecule has 28 heavy (non-hydrogen) atoms. The van der Waals surface area contributed by atoms with Crippen LogP contribution in [0.2, 0.25) is 0 Å². The molecule has 0 bridgehead atoms. The number of aliphatic imine (C=N–C) groups is 1. The van der Waals surface area contributed by atoms with Gasteiger partial charge in [-0.3, -0.25) is 4.79 Å². The number of hydrogen-bond donors (Lipinski definition) is 2. The quantitative estimate of drug-likeness (QED) is 0.283. The largest absolute Gasteiger partial charge is 0.356 e. The van der Waals surface area contributed by atoms with Crippen molar-refractivity contribution in [2.45, 2.75) is 25.2 Å². The normalized spacial score (nSPS) is 11.4. The molecule has 1 amide bonds. The number of aromatic nitrogens is 1. The van der Waals surface area contributed by atoms with Crippen molar-refractivity contribution in [1.82, 2.24) is 20.5 Å². The Balaban J connectivity index is 1.82. The highest BCUT2D eigenvalue weighted by atomic mass is 32.2. The van der Waals surface area contributed by atoms with Crippen LogP contribution in [0.5, 0.6) is 0 Å². The van der Waals surface area contributed by atoms with E-state index in [-0.39, 0.29) is 12.5 Å². The van der Waals surface area contributed by atoms with Crippen molar-refractivity contribution >= 4 is 35.0 Å². The van der Waals surface area contributed by atoms with Gasteiger partial charge >= 0.3 is 0 Å². The molecule has 152 valence electrons. The van der Waals surface area contributed by atoms with Crippen LogP contribution in [0.4, 0.5) is 0 Å². The van der Waals surface area contributed by atoms with E-state index in [0.29, 0.717) is 5.96 Å². The standard InChI is InChI=1S/C20H29N5OS2/c1-15-16(2)28-18(24-15)10-11-21-20(23-14-19(26)25(3)4)22-12-13-27-17-8-6-5-7-9-17/h5-9H,10-14H2,1-4H3,(H2,21,22,23). The van der Waals surface area contributed by atoms with Crippen molar-refractivity contribution in [3.8, 4) is 0 Å². The van der Waals surface area contributed by atoms with E-state index < -0.39 is 0 Å². The highest BCUT2D eigenvalue weighted by Gasteiger charge is 2.06. The number of amides is 1. The summed E-state index contributed by atoms with van der Waals surface area (Å²) in [4.78, 5) is 24.9. The summed E-state index contributed by atoms with van der Waals surface area (Å²) >= 11 is 3.52. The second-order valence-corrected chi connectivity index (χ2v) is 8.92. The number of thiazole rings is 1. The molecule has 0 spiro atoms. The van der Waals surface area contributed by atoms with Crippen molar-refractivity contribution in [2.75, 3.05) is 39.5 Å². The van der Waals surface area contributed by atoms with Gasteiger partial charge in [-0.15, -0.1) is 23.1 Å². The van der Waals surface area contributed by atoms with E-state index in [1.54, 1.807) is 42.1 Å². The Morgan fingerprint density at radius 3 is 2.54 bits per heavy atom. The second kappa shape index (κ2) is 11.7. The van der Waals surface area contributed by atoms with E-state index in [2.05, 4.69) is 39.7 Å². The Morgan fingerprint density at radius 1 is 1.18 bits per heavy atom. The van der Waals surface area contributed by atoms with Gasteiger partial charge in [0.2, 0.25) is 5.91 Å². The fourth-order valence-electron chi connectivity index (χ4n) is 2.25. The summed E-state index contributed by atoms with van der Waals surface area (Å²) in [6.45, 7) is 5.74. The molecule has 2 N–H and O–H groups in total. The first-order chi connectivity index (χ1) is 13.5. The van der Waals surface area contributed by atoms with Gasteiger partial charge in [-0.05, 0) is 26.0 Å². The van der Waals surface area contributed by atoms with E-state index >= 15 is 0 Å². The number of rotatable bonds is 9. The predicted molar refractivity (Wildman–Crippen MR) is 119 cm³/mol. The molecule has 0 saturated heterocycles. The molecule has 2 rings (SSSR count). The molecule has 0 saturated carbocycles. The minimum absolute atomic E-state index is 0.0223. The summed E-state index contributed by atoms with van der Waals surface area (Å²) in [6.07, 6.45) is 0.834. The molecule has 0 aliphatic heterocycles. The first-order valence-corrected chi connectivity index (χ1v) is 11.1. The summed E-state index contributed by atoms with van der Waals surface area (Å²) in [7, 11) is 3.48. The second-order valence-electron chi connectivity index (χ2n) is 6.47. The Kier molecular flexibility index (Phi) is 9.30. The average Bonchev–Trinajstić information content (AvgIpc) is 3.00. The number of nitrogens with one attached hydrogen (secondary N) is 2. The monoisotopic (exact) mass is 419 g/mol. The number of guanidine groups is 1. The maximum absolute atomic E-state index is 11.8. The lowest BCUT2D eigenvalue weighted by atomic mass is 10.4. The molecule has 0 unspecified atom stereocenters. The molecule has 2 aromatic rings. The van der Waals surface area contributed by atoms with Crippen LogP contribution in [0.3, 0.4) is 0 Å². The Bertz CT molecular complexity index is 755. The van der Waals surface area contributed by atoms with Gasteiger partial charge in [-0.1, -0.05) is 18.2 Å². The predicted octanol–water partition coefficient (Wildman–Crippen LogP) is 2.72. The van der Waals surface area contributed by atoms with E-state index in [1.165, 1.54) is 9.77 Å². The number of thioether (sulfide) groups is 1. The zero-order valence-electron chi connectivity index (χ0n) is 17.0. The molecule has 6 nitrogen and oxygen atoms in total. The lowest BCUT2D eigenvalue weighted by Gasteiger charge is -2.13. The van der Waals surface area contributed by atoms with Crippen molar-refractivity contribution in [3.05, 3.63) is 45.9 Å². The molecule has 1 aromatic heterocycles. The SMILES string of the molecule is Cc1nc(CCNC(=NCC(=O)N(C)C)NCCSc2ccccc2)sc1C. The van der Waals surface area contributed by atoms with Gasteiger partial charge in [0, 0.05) is 49.1 Å². The molecule has 0 aliphatic rings. The lowest BCUT2D eigenvalue weighted by molar-refractivity contribution is -0.127. The number of likely N-dealkylation sites (N-methyl/N-ethyl adjacent to an activating group) is 1. The summed E-state index contributed by atoms with van der Waals surface area (Å²) in [5.41, 5.74) is 1.10. The van der Waals surface area contributed by atoms with Crippen LogP contribution in [0, 0.1) is 13.8 Å². The number of carbonyl (C=O) groups excluding carboxylic acids is 1. The van der Waals surface area contributed by atoms with E-state index in [9.17, 15) is 4.79 Å². The van der Waals surface area contributed by atoms with Crippen LogP contribution in [0.1, 0.15) is 15.6 Å². The lowest BCUT2D eigenvalue weighted by Crippen LogP contribution is -2.40. The first-order valence-electron chi connectivity index (χ1n) is 9.29. The highest BCUT2D eigenvalue weighted by molar-refractivity contribution is 7.99. The summed E-state index contributed by atoms with van der Waals surface area (Å²) in [5.74, 6) is 1.55. The Labute approximate surface area is 175 Å². The summed E-state index contributed by atoms with van der Waals surface area (Å²) in [6, 6.07) is 10.3. The molecule has 8 heteroatoms. The van der Waals surface area contributed by atoms with Crippen LogP contribution in [-0.4, -0.2) is 61.2 Å². The van der Waals surface area contributed by atoms with Gasteiger partial charge < -0.3 is 15.5 Å². The molecular weight excluding hydrogens is 390 g/mol. The van der Waals surface area contributed by atoms with E-state index in [1.807, 2.05) is 25.1 Å². The Morgan fingerprint density at radius 2 is 1.89 bits per heavy atom. The van der Waals surface area contributed by atoms with Crippen LogP contribution in [0.15, 0.2) is 40.2 Å².